The van der Waals surface area contributed by atoms with Crippen LogP contribution in [0.3, 0.4) is 0 Å². The Kier molecular flexibility index (Phi) is 6.79. The summed E-state index contributed by atoms with van der Waals surface area (Å²) >= 11 is 0. The van der Waals surface area contributed by atoms with Crippen molar-refractivity contribution in [3.63, 3.8) is 0 Å². The normalized spacial score (nSPS) is 12.3. The van der Waals surface area contributed by atoms with Crippen LogP contribution in [0, 0.1) is 31.4 Å². The van der Waals surface area contributed by atoms with Gasteiger partial charge in [0.25, 0.3) is 0 Å². The molecule has 0 bridgehead atoms. The van der Waals surface area contributed by atoms with Crippen LogP contribution in [-0.4, -0.2) is 35.4 Å². The highest BCUT2D eigenvalue weighted by atomic mass is 19.1. The van der Waals surface area contributed by atoms with Gasteiger partial charge in [0.1, 0.15) is 23.9 Å². The largest absolute Gasteiger partial charge is 0.485 e. The second-order valence-corrected chi connectivity index (χ2v) is 7.29. The molecule has 0 aliphatic carbocycles. The zero-order chi connectivity index (χ0) is 21.8. The van der Waals surface area contributed by atoms with Gasteiger partial charge in [-0.05, 0) is 44.2 Å². The number of nitrogens with two attached hydrogens (primary N) is 1. The Bertz CT molecular complexity index is 1050. The number of hydrogen-bond acceptors (Lipinski definition) is 5. The van der Waals surface area contributed by atoms with Crippen molar-refractivity contribution in [2.24, 2.45) is 11.7 Å². The molecule has 160 valence electrons. The SMILES string of the molecule is COCC(CN)CC(=O)c1c(C)nc2c(OCc3c(F)cccc3F)cc(C)cn12. The molecule has 0 fully saturated rings. The van der Waals surface area contributed by atoms with E-state index in [9.17, 15) is 13.6 Å². The highest BCUT2D eigenvalue weighted by Crippen LogP contribution is 2.27. The van der Waals surface area contributed by atoms with Gasteiger partial charge in [-0.3, -0.25) is 9.20 Å². The van der Waals surface area contributed by atoms with Gasteiger partial charge in [0.15, 0.2) is 17.2 Å². The molecule has 2 N–H and O–H groups in total. The standard InChI is InChI=1S/C22H25F2N3O3/c1-13-7-20(30-12-16-17(23)5-4-6-18(16)24)22-26-14(2)21(27(22)10-13)19(28)8-15(9-25)11-29-3/h4-7,10,15H,8-9,11-12,25H2,1-3H3. The van der Waals surface area contributed by atoms with Crippen molar-refractivity contribution in [3.05, 3.63) is 64.6 Å². The number of ether oxygens (including phenoxy) is 2. The fourth-order valence-corrected chi connectivity index (χ4v) is 3.42. The van der Waals surface area contributed by atoms with Gasteiger partial charge in [-0.15, -0.1) is 0 Å². The Morgan fingerprint density at radius 2 is 1.97 bits per heavy atom. The maximum atomic E-state index is 13.9. The highest BCUT2D eigenvalue weighted by Gasteiger charge is 2.22. The van der Waals surface area contributed by atoms with Crippen LogP contribution >= 0.6 is 0 Å². The van der Waals surface area contributed by atoms with Crippen molar-refractivity contribution in [1.29, 1.82) is 0 Å². The number of aromatic nitrogens is 2. The van der Waals surface area contributed by atoms with Crippen LogP contribution in [0.1, 0.15) is 33.7 Å². The molecular formula is C22H25F2N3O3. The molecule has 8 heteroatoms. The van der Waals surface area contributed by atoms with Crippen LogP contribution in [0.4, 0.5) is 8.78 Å². The van der Waals surface area contributed by atoms with Crippen LogP contribution in [0.25, 0.3) is 5.65 Å². The van der Waals surface area contributed by atoms with Crippen LogP contribution < -0.4 is 10.5 Å². The summed E-state index contributed by atoms with van der Waals surface area (Å²) in [6.07, 6.45) is 2.01. The van der Waals surface area contributed by atoms with Gasteiger partial charge in [-0.1, -0.05) is 6.07 Å². The number of nitrogens with zero attached hydrogens (tertiary/aromatic N) is 2. The minimum atomic E-state index is -0.681. The van der Waals surface area contributed by atoms with E-state index in [1.807, 2.05) is 6.92 Å². The molecule has 6 nitrogen and oxygen atoms in total. The van der Waals surface area contributed by atoms with Crippen molar-refractivity contribution in [3.8, 4) is 5.75 Å². The first kappa shape index (κ1) is 21.9. The summed E-state index contributed by atoms with van der Waals surface area (Å²) in [4.78, 5) is 17.4. The summed E-state index contributed by atoms with van der Waals surface area (Å²) < 4.78 is 40.4. The highest BCUT2D eigenvalue weighted by molar-refractivity contribution is 5.97. The van der Waals surface area contributed by atoms with E-state index in [0.29, 0.717) is 35.9 Å². The van der Waals surface area contributed by atoms with Gasteiger partial charge < -0.3 is 15.2 Å². The van der Waals surface area contributed by atoms with Gasteiger partial charge in [-0.25, -0.2) is 13.8 Å². The molecule has 0 amide bonds. The smallest absolute Gasteiger partial charge is 0.181 e. The van der Waals surface area contributed by atoms with E-state index < -0.39 is 11.6 Å². The molecule has 30 heavy (non-hydrogen) atoms. The Morgan fingerprint density at radius 1 is 1.27 bits per heavy atom. The molecular weight excluding hydrogens is 392 g/mol. The quantitative estimate of drug-likeness (QED) is 0.538. The number of rotatable bonds is 9. The number of pyridine rings is 1. The molecule has 0 aliphatic rings. The summed E-state index contributed by atoms with van der Waals surface area (Å²) in [6.45, 7) is 4.00. The number of imidazole rings is 1. The fourth-order valence-electron chi connectivity index (χ4n) is 3.42. The van der Waals surface area contributed by atoms with Crippen LogP contribution in [0.15, 0.2) is 30.5 Å². The lowest BCUT2D eigenvalue weighted by Crippen LogP contribution is -2.23. The van der Waals surface area contributed by atoms with E-state index in [1.165, 1.54) is 18.2 Å². The van der Waals surface area contributed by atoms with E-state index >= 15 is 0 Å². The number of aryl methyl sites for hydroxylation is 2. The zero-order valence-electron chi connectivity index (χ0n) is 17.2. The first-order valence-corrected chi connectivity index (χ1v) is 9.62. The molecule has 1 atom stereocenters. The van der Waals surface area contributed by atoms with E-state index in [4.69, 9.17) is 15.2 Å². The van der Waals surface area contributed by atoms with Gasteiger partial charge in [0, 0.05) is 25.6 Å². The Labute approximate surface area is 173 Å². The third-order valence-electron chi connectivity index (χ3n) is 4.90. The lowest BCUT2D eigenvalue weighted by Gasteiger charge is -2.13. The first-order valence-electron chi connectivity index (χ1n) is 9.62. The van der Waals surface area contributed by atoms with Gasteiger partial charge >= 0.3 is 0 Å². The molecule has 0 aliphatic heterocycles. The van der Waals surface area contributed by atoms with Crippen molar-refractivity contribution >= 4 is 11.4 Å². The summed E-state index contributed by atoms with van der Waals surface area (Å²) in [7, 11) is 1.57. The van der Waals surface area contributed by atoms with Crippen molar-refractivity contribution in [2.45, 2.75) is 26.9 Å². The summed E-state index contributed by atoms with van der Waals surface area (Å²) in [6, 6.07) is 5.38. The number of carbonyl (C=O) groups is 1. The first-order chi connectivity index (χ1) is 14.3. The van der Waals surface area contributed by atoms with E-state index in [2.05, 4.69) is 4.98 Å². The second-order valence-electron chi connectivity index (χ2n) is 7.29. The van der Waals surface area contributed by atoms with Gasteiger partial charge in [0.2, 0.25) is 0 Å². The Morgan fingerprint density at radius 3 is 2.60 bits per heavy atom. The molecule has 3 aromatic rings. The maximum Gasteiger partial charge on any atom is 0.181 e. The monoisotopic (exact) mass is 417 g/mol. The second kappa shape index (κ2) is 9.32. The summed E-state index contributed by atoms with van der Waals surface area (Å²) in [5.74, 6) is -1.23. The average Bonchev–Trinajstić information content (AvgIpc) is 3.02. The Hall–Kier alpha value is -2.84. The minimum Gasteiger partial charge on any atom is -0.485 e. The van der Waals surface area contributed by atoms with Gasteiger partial charge in [0.05, 0.1) is 17.9 Å². The van der Waals surface area contributed by atoms with Crippen molar-refractivity contribution in [1.82, 2.24) is 9.38 Å². The number of halogens is 2. The van der Waals surface area contributed by atoms with Crippen LogP contribution in [0.2, 0.25) is 0 Å². The number of ketones is 1. The molecule has 0 radical (unpaired) electrons. The summed E-state index contributed by atoms with van der Waals surface area (Å²) in [5.41, 5.74) is 7.78. The summed E-state index contributed by atoms with van der Waals surface area (Å²) in [5, 5.41) is 0. The predicted octanol–water partition coefficient (Wildman–Crippen LogP) is 3.60. The molecule has 1 unspecified atom stereocenters. The number of Topliss-reactive ketones (excluding diaryl/α,β-unsaturated/α-hetero) is 1. The third-order valence-corrected chi connectivity index (χ3v) is 4.90. The lowest BCUT2D eigenvalue weighted by atomic mass is 10.0. The van der Waals surface area contributed by atoms with E-state index in [0.717, 1.165) is 5.56 Å². The molecule has 0 saturated heterocycles. The van der Waals surface area contributed by atoms with Gasteiger partial charge in [-0.2, -0.15) is 0 Å². The molecule has 0 spiro atoms. The number of methoxy groups -OCH3 is 1. The lowest BCUT2D eigenvalue weighted by molar-refractivity contribution is 0.0906. The number of carbonyl (C=O) groups excluding carboxylic acids is 1. The van der Waals surface area contributed by atoms with E-state index in [1.54, 1.807) is 30.7 Å². The Balaban J connectivity index is 1.94. The number of benzene rings is 1. The minimum absolute atomic E-state index is 0.1000. The zero-order valence-corrected chi connectivity index (χ0v) is 17.2. The topological polar surface area (TPSA) is 78.9 Å². The molecule has 3 rings (SSSR count). The average molecular weight is 417 g/mol. The van der Waals surface area contributed by atoms with E-state index in [-0.39, 0.29) is 30.3 Å². The van der Waals surface area contributed by atoms with Crippen molar-refractivity contribution in [2.75, 3.05) is 20.3 Å². The molecule has 2 aromatic heterocycles. The maximum absolute atomic E-state index is 13.9. The fraction of sp³-hybridized carbons (Fsp3) is 0.364. The molecule has 0 saturated carbocycles. The predicted molar refractivity (Wildman–Crippen MR) is 109 cm³/mol. The van der Waals surface area contributed by atoms with Crippen molar-refractivity contribution < 1.29 is 23.0 Å². The molecule has 1 aromatic carbocycles. The number of hydrogen-bond donors (Lipinski definition) is 1. The number of fused-ring (bicyclic) bond motifs is 1. The third kappa shape index (κ3) is 4.49. The van der Waals surface area contributed by atoms with Crippen LogP contribution in [-0.2, 0) is 11.3 Å². The molecule has 2 heterocycles. The van der Waals surface area contributed by atoms with Crippen LogP contribution in [0.5, 0.6) is 5.75 Å².